The number of nitrogens with one attached hydrogen (secondary N) is 1. The summed E-state index contributed by atoms with van der Waals surface area (Å²) >= 11 is 0. The summed E-state index contributed by atoms with van der Waals surface area (Å²) in [6.45, 7) is 7.62. The van der Waals surface area contributed by atoms with Gasteiger partial charge in [-0.25, -0.2) is 0 Å². The highest BCUT2D eigenvalue weighted by atomic mass is 16.5. The molecule has 2 rings (SSSR count). The first-order chi connectivity index (χ1) is 9.29. The molecule has 0 aliphatic carbocycles. The maximum absolute atomic E-state index is 5.96. The van der Waals surface area contributed by atoms with Gasteiger partial charge in [0.1, 0.15) is 0 Å². The van der Waals surface area contributed by atoms with E-state index in [4.69, 9.17) is 9.47 Å². The van der Waals surface area contributed by atoms with E-state index in [-0.39, 0.29) is 12.1 Å². The van der Waals surface area contributed by atoms with Gasteiger partial charge in [-0.2, -0.15) is 0 Å². The van der Waals surface area contributed by atoms with Gasteiger partial charge in [-0.3, -0.25) is 0 Å². The number of hydrogen-bond acceptors (Lipinski definition) is 3. The van der Waals surface area contributed by atoms with E-state index in [9.17, 15) is 0 Å². The number of rotatable bonds is 7. The largest absolute Gasteiger partial charge is 0.379 e. The van der Waals surface area contributed by atoms with Crippen LogP contribution < -0.4 is 5.32 Å². The van der Waals surface area contributed by atoms with E-state index in [2.05, 4.69) is 43.4 Å². The van der Waals surface area contributed by atoms with E-state index in [0.717, 1.165) is 39.2 Å². The standard InChI is InChI=1S/C16H25NO2/c1-3-9-17-16(12-19-15-8-10-18-11-15)14-6-4-13(2)5-7-14/h4-7,15-17H,3,8-12H2,1-2H3. The molecule has 1 aliphatic rings. The Hall–Kier alpha value is -0.900. The van der Waals surface area contributed by atoms with Crippen LogP contribution in [0.25, 0.3) is 0 Å². The minimum Gasteiger partial charge on any atom is -0.379 e. The monoisotopic (exact) mass is 263 g/mol. The smallest absolute Gasteiger partial charge is 0.0831 e. The first-order valence-corrected chi connectivity index (χ1v) is 7.29. The molecule has 1 aliphatic heterocycles. The third-order valence-corrected chi connectivity index (χ3v) is 3.51. The van der Waals surface area contributed by atoms with Crippen LogP contribution in [0.4, 0.5) is 0 Å². The fraction of sp³-hybridized carbons (Fsp3) is 0.625. The SMILES string of the molecule is CCCNC(COC1CCOC1)c1ccc(C)cc1. The van der Waals surface area contributed by atoms with E-state index in [1.165, 1.54) is 11.1 Å². The highest BCUT2D eigenvalue weighted by molar-refractivity contribution is 5.24. The molecular weight excluding hydrogens is 238 g/mol. The Morgan fingerprint density at radius 2 is 2.16 bits per heavy atom. The molecule has 1 aromatic rings. The van der Waals surface area contributed by atoms with Gasteiger partial charge < -0.3 is 14.8 Å². The molecule has 0 spiro atoms. The van der Waals surface area contributed by atoms with E-state index in [0.29, 0.717) is 0 Å². The molecule has 1 fully saturated rings. The van der Waals surface area contributed by atoms with Gasteiger partial charge in [-0.1, -0.05) is 36.8 Å². The van der Waals surface area contributed by atoms with Crippen LogP contribution in [-0.4, -0.2) is 32.5 Å². The first-order valence-electron chi connectivity index (χ1n) is 7.29. The quantitative estimate of drug-likeness (QED) is 0.820. The highest BCUT2D eigenvalue weighted by Gasteiger charge is 2.19. The Morgan fingerprint density at radius 1 is 1.37 bits per heavy atom. The molecule has 1 heterocycles. The number of hydrogen-bond donors (Lipinski definition) is 1. The lowest BCUT2D eigenvalue weighted by Gasteiger charge is -2.21. The van der Waals surface area contributed by atoms with Crippen molar-refractivity contribution in [1.29, 1.82) is 0 Å². The minimum atomic E-state index is 0.274. The Balaban J connectivity index is 1.91. The molecule has 1 aromatic carbocycles. The summed E-state index contributed by atoms with van der Waals surface area (Å²) in [7, 11) is 0. The molecule has 0 radical (unpaired) electrons. The average Bonchev–Trinajstić information content (AvgIpc) is 2.93. The van der Waals surface area contributed by atoms with Gasteiger partial charge in [0, 0.05) is 6.61 Å². The average molecular weight is 263 g/mol. The van der Waals surface area contributed by atoms with Crippen LogP contribution in [0.5, 0.6) is 0 Å². The van der Waals surface area contributed by atoms with E-state index >= 15 is 0 Å². The van der Waals surface area contributed by atoms with Gasteiger partial charge >= 0.3 is 0 Å². The maximum Gasteiger partial charge on any atom is 0.0831 e. The molecule has 1 saturated heterocycles. The van der Waals surface area contributed by atoms with Crippen molar-refractivity contribution < 1.29 is 9.47 Å². The van der Waals surface area contributed by atoms with Crippen molar-refractivity contribution in [2.24, 2.45) is 0 Å². The molecule has 2 unspecified atom stereocenters. The zero-order valence-corrected chi connectivity index (χ0v) is 12.0. The number of benzene rings is 1. The lowest BCUT2D eigenvalue weighted by molar-refractivity contribution is 0.0297. The predicted molar refractivity (Wildman–Crippen MR) is 77.4 cm³/mol. The Kier molecular flexibility index (Phi) is 5.83. The van der Waals surface area contributed by atoms with Gasteiger partial charge in [-0.15, -0.1) is 0 Å². The van der Waals surface area contributed by atoms with Crippen molar-refractivity contribution in [3.05, 3.63) is 35.4 Å². The van der Waals surface area contributed by atoms with Crippen LogP contribution in [0.1, 0.15) is 36.9 Å². The predicted octanol–water partition coefficient (Wildman–Crippen LogP) is 2.84. The lowest BCUT2D eigenvalue weighted by atomic mass is 10.1. The second kappa shape index (κ2) is 7.63. The molecule has 19 heavy (non-hydrogen) atoms. The summed E-state index contributed by atoms with van der Waals surface area (Å²) in [5.41, 5.74) is 2.60. The fourth-order valence-electron chi connectivity index (χ4n) is 2.27. The van der Waals surface area contributed by atoms with Gasteiger partial charge in [0.2, 0.25) is 0 Å². The first kappa shape index (κ1) is 14.5. The van der Waals surface area contributed by atoms with Gasteiger partial charge in [0.15, 0.2) is 0 Å². The normalized spacial score (nSPS) is 20.6. The van der Waals surface area contributed by atoms with E-state index in [1.54, 1.807) is 0 Å². The minimum absolute atomic E-state index is 0.274. The molecule has 0 saturated carbocycles. The molecule has 1 N–H and O–H groups in total. The summed E-state index contributed by atoms with van der Waals surface area (Å²) in [5.74, 6) is 0. The van der Waals surface area contributed by atoms with Gasteiger partial charge in [0.25, 0.3) is 0 Å². The number of ether oxygens (including phenoxy) is 2. The molecule has 2 atom stereocenters. The van der Waals surface area contributed by atoms with Crippen molar-refractivity contribution in [1.82, 2.24) is 5.32 Å². The van der Waals surface area contributed by atoms with E-state index in [1.807, 2.05) is 0 Å². The van der Waals surface area contributed by atoms with Crippen LogP contribution in [0.3, 0.4) is 0 Å². The summed E-state index contributed by atoms with van der Waals surface area (Å²) in [6.07, 6.45) is 2.43. The van der Waals surface area contributed by atoms with Crippen LogP contribution in [-0.2, 0) is 9.47 Å². The molecule has 0 amide bonds. The fourth-order valence-corrected chi connectivity index (χ4v) is 2.27. The second-order valence-electron chi connectivity index (χ2n) is 5.24. The lowest BCUT2D eigenvalue weighted by Crippen LogP contribution is -2.28. The Bertz CT molecular complexity index is 358. The Labute approximate surface area is 116 Å². The molecule has 0 aromatic heterocycles. The summed E-state index contributed by atoms with van der Waals surface area (Å²) in [4.78, 5) is 0. The van der Waals surface area contributed by atoms with Gasteiger partial charge in [0.05, 0.1) is 25.4 Å². The molecular formula is C16H25NO2. The molecule has 106 valence electrons. The van der Waals surface area contributed by atoms with Crippen LogP contribution in [0.15, 0.2) is 24.3 Å². The highest BCUT2D eigenvalue weighted by Crippen LogP contribution is 2.17. The van der Waals surface area contributed by atoms with Crippen molar-refractivity contribution in [2.75, 3.05) is 26.4 Å². The van der Waals surface area contributed by atoms with Crippen molar-refractivity contribution in [3.8, 4) is 0 Å². The van der Waals surface area contributed by atoms with Crippen LogP contribution in [0, 0.1) is 6.92 Å². The molecule has 3 nitrogen and oxygen atoms in total. The summed E-state index contributed by atoms with van der Waals surface area (Å²) in [5, 5.41) is 3.56. The van der Waals surface area contributed by atoms with Crippen molar-refractivity contribution >= 4 is 0 Å². The third kappa shape index (κ3) is 4.60. The van der Waals surface area contributed by atoms with Crippen LogP contribution in [0.2, 0.25) is 0 Å². The maximum atomic E-state index is 5.96. The zero-order valence-electron chi connectivity index (χ0n) is 12.0. The van der Waals surface area contributed by atoms with Crippen LogP contribution >= 0.6 is 0 Å². The van der Waals surface area contributed by atoms with E-state index < -0.39 is 0 Å². The Morgan fingerprint density at radius 3 is 2.79 bits per heavy atom. The summed E-state index contributed by atoms with van der Waals surface area (Å²) in [6, 6.07) is 8.98. The zero-order chi connectivity index (χ0) is 13.5. The topological polar surface area (TPSA) is 30.5 Å². The van der Waals surface area contributed by atoms with Gasteiger partial charge in [-0.05, 0) is 31.9 Å². The third-order valence-electron chi connectivity index (χ3n) is 3.51. The molecule has 3 heteroatoms. The number of aryl methyl sites for hydroxylation is 1. The molecule has 0 bridgehead atoms. The second-order valence-corrected chi connectivity index (χ2v) is 5.24. The van der Waals surface area contributed by atoms with Crippen molar-refractivity contribution in [2.45, 2.75) is 38.8 Å². The van der Waals surface area contributed by atoms with Crippen molar-refractivity contribution in [3.63, 3.8) is 0 Å². The summed E-state index contributed by atoms with van der Waals surface area (Å²) < 4.78 is 11.3.